The van der Waals surface area contributed by atoms with Gasteiger partial charge in [-0.05, 0) is 52.8 Å². The molecule has 0 radical (unpaired) electrons. The molecule has 0 bridgehead atoms. The zero-order chi connectivity index (χ0) is 29.3. The van der Waals surface area contributed by atoms with Crippen LogP contribution in [0.1, 0.15) is 57.3 Å². The molecule has 2 aliphatic rings. The lowest BCUT2D eigenvalue weighted by Crippen LogP contribution is -2.47. The van der Waals surface area contributed by atoms with Crippen LogP contribution in [0.25, 0.3) is 10.8 Å². The van der Waals surface area contributed by atoms with E-state index in [2.05, 4.69) is 20.8 Å². The molecule has 2 aliphatic heterocycles. The second-order valence-electron chi connectivity index (χ2n) is 12.2. The van der Waals surface area contributed by atoms with Crippen LogP contribution in [0.3, 0.4) is 0 Å². The lowest BCUT2D eigenvalue weighted by Gasteiger charge is -2.33. The van der Waals surface area contributed by atoms with Crippen molar-refractivity contribution < 1.29 is 29.0 Å². The summed E-state index contributed by atoms with van der Waals surface area (Å²) in [6, 6.07) is 19.7. The smallest absolute Gasteiger partial charge is 0.308 e. The minimum absolute atomic E-state index is 0.144. The maximum Gasteiger partial charge on any atom is 0.308 e. The van der Waals surface area contributed by atoms with E-state index in [0.29, 0.717) is 31.7 Å². The Morgan fingerprint density at radius 3 is 2.54 bits per heavy atom. The highest BCUT2D eigenvalue weighted by Gasteiger charge is 2.40. The highest BCUT2D eigenvalue weighted by atomic mass is 16.5. The van der Waals surface area contributed by atoms with Gasteiger partial charge in [0.1, 0.15) is 18.0 Å². The van der Waals surface area contributed by atoms with Crippen molar-refractivity contribution in [3.8, 4) is 5.75 Å². The molecule has 1 N–H and O–H groups in total. The molecule has 8 nitrogen and oxygen atoms in total. The van der Waals surface area contributed by atoms with Gasteiger partial charge in [0, 0.05) is 25.2 Å². The van der Waals surface area contributed by atoms with Crippen LogP contribution in [0.5, 0.6) is 5.75 Å². The number of carbonyl (C=O) groups is 3. The fourth-order valence-electron chi connectivity index (χ4n) is 5.89. The molecule has 2 amide bonds. The minimum Gasteiger partial charge on any atom is -0.497 e. The molecule has 3 aromatic rings. The van der Waals surface area contributed by atoms with Gasteiger partial charge in [-0.1, -0.05) is 63.2 Å². The number of aliphatic carboxylic acids is 1. The van der Waals surface area contributed by atoms with Crippen molar-refractivity contribution in [3.05, 3.63) is 71.8 Å². The molecule has 8 heteroatoms. The fraction of sp³-hybridized carbons (Fsp3) is 0.424. The normalized spacial score (nSPS) is 21.4. The minimum atomic E-state index is -1.06. The Balaban J connectivity index is 1.60. The van der Waals surface area contributed by atoms with E-state index >= 15 is 0 Å². The number of hydrogen-bond acceptors (Lipinski definition) is 5. The number of ether oxygens (including phenoxy) is 2. The van der Waals surface area contributed by atoms with Crippen LogP contribution < -0.4 is 9.64 Å². The highest BCUT2D eigenvalue weighted by molar-refractivity contribution is 6.01. The van der Waals surface area contributed by atoms with Crippen molar-refractivity contribution in [2.75, 3.05) is 31.6 Å². The summed E-state index contributed by atoms with van der Waals surface area (Å²) in [6.45, 7) is 7.24. The van der Waals surface area contributed by atoms with Gasteiger partial charge in [0.2, 0.25) is 5.91 Å². The van der Waals surface area contributed by atoms with Crippen LogP contribution in [0.15, 0.2) is 60.7 Å². The Morgan fingerprint density at radius 2 is 1.80 bits per heavy atom. The maximum atomic E-state index is 14.3. The van der Waals surface area contributed by atoms with Gasteiger partial charge < -0.3 is 24.4 Å². The van der Waals surface area contributed by atoms with Gasteiger partial charge in [-0.15, -0.1) is 0 Å². The molecular formula is C33H38N2O6. The van der Waals surface area contributed by atoms with Crippen LogP contribution in [0, 0.1) is 11.3 Å². The second kappa shape index (κ2) is 11.5. The molecule has 216 valence electrons. The first kappa shape index (κ1) is 28.6. The van der Waals surface area contributed by atoms with E-state index in [1.165, 1.54) is 0 Å². The van der Waals surface area contributed by atoms with Gasteiger partial charge in [0.05, 0.1) is 25.1 Å². The number of carboxylic acid groups (broad SMARTS) is 1. The molecule has 0 saturated carbocycles. The van der Waals surface area contributed by atoms with Gasteiger partial charge >= 0.3 is 5.97 Å². The van der Waals surface area contributed by atoms with E-state index in [9.17, 15) is 19.5 Å². The Bertz CT molecular complexity index is 1460. The number of methoxy groups -OCH3 is 1. The third-order valence-corrected chi connectivity index (χ3v) is 7.87. The number of carboxylic acids is 1. The quantitative estimate of drug-likeness (QED) is 0.434. The first-order valence-electron chi connectivity index (χ1n) is 14.2. The van der Waals surface area contributed by atoms with Crippen LogP contribution in [0.4, 0.5) is 5.69 Å². The van der Waals surface area contributed by atoms with Crippen molar-refractivity contribution in [1.29, 1.82) is 0 Å². The number of piperidine rings is 1. The first-order valence-corrected chi connectivity index (χ1v) is 14.2. The lowest BCUT2D eigenvalue weighted by atomic mass is 9.92. The molecular weight excluding hydrogens is 520 g/mol. The first-order chi connectivity index (χ1) is 19.6. The molecule has 3 unspecified atom stereocenters. The number of likely N-dealkylation sites (tertiary alicyclic amines) is 1. The topological polar surface area (TPSA) is 96.4 Å². The van der Waals surface area contributed by atoms with Crippen LogP contribution >= 0.6 is 0 Å². The second-order valence-corrected chi connectivity index (χ2v) is 12.2. The summed E-state index contributed by atoms with van der Waals surface area (Å²) in [6.07, 6.45) is -0.721. The number of amides is 2. The monoisotopic (exact) mass is 558 g/mol. The molecule has 0 spiro atoms. The molecule has 3 atom stereocenters. The Labute approximate surface area is 240 Å². The lowest BCUT2D eigenvalue weighted by molar-refractivity contribution is -0.148. The summed E-state index contributed by atoms with van der Waals surface area (Å²) >= 11 is 0. The van der Waals surface area contributed by atoms with Crippen molar-refractivity contribution in [2.24, 2.45) is 11.3 Å². The number of fused-ring (bicyclic) bond motifs is 2. The van der Waals surface area contributed by atoms with Crippen LogP contribution in [0.2, 0.25) is 0 Å². The SMILES string of the molecule is COc1ccc2c(c1)C(c1cccc3ccccc13)OC(CC(=O)N1CCCC(C(=O)O)C1)C(=O)N2CC(C)(C)C. The molecule has 0 aliphatic carbocycles. The van der Waals surface area contributed by atoms with Crippen molar-refractivity contribution in [3.63, 3.8) is 0 Å². The van der Waals surface area contributed by atoms with Gasteiger partial charge in [0.15, 0.2) is 0 Å². The van der Waals surface area contributed by atoms with E-state index in [0.717, 1.165) is 27.6 Å². The standard InChI is InChI=1S/C33H38N2O6/c1-33(2,3)20-35-27-15-14-23(40-4)17-26(27)30(25-13-7-10-21-9-5-6-12-24(21)25)41-28(31(35)37)18-29(36)34-16-8-11-22(19-34)32(38)39/h5-7,9-10,12-15,17,22,28,30H,8,11,16,18-20H2,1-4H3,(H,38,39). The Kier molecular flexibility index (Phi) is 8.04. The predicted molar refractivity (Wildman–Crippen MR) is 157 cm³/mol. The summed E-state index contributed by atoms with van der Waals surface area (Å²) in [4.78, 5) is 42.8. The van der Waals surface area contributed by atoms with Crippen molar-refractivity contribution in [1.82, 2.24) is 4.90 Å². The van der Waals surface area contributed by atoms with Crippen molar-refractivity contribution in [2.45, 2.75) is 52.2 Å². The third-order valence-electron chi connectivity index (χ3n) is 7.87. The number of anilines is 1. The largest absolute Gasteiger partial charge is 0.497 e. The van der Waals surface area contributed by atoms with Gasteiger partial charge in [0.25, 0.3) is 5.91 Å². The zero-order valence-electron chi connectivity index (χ0n) is 24.1. The molecule has 1 saturated heterocycles. The van der Waals surface area contributed by atoms with E-state index in [-0.39, 0.29) is 30.2 Å². The van der Waals surface area contributed by atoms with E-state index in [4.69, 9.17) is 9.47 Å². The molecule has 5 rings (SSSR count). The van der Waals surface area contributed by atoms with E-state index in [1.807, 2.05) is 60.7 Å². The predicted octanol–water partition coefficient (Wildman–Crippen LogP) is 5.43. The molecule has 2 heterocycles. The molecule has 41 heavy (non-hydrogen) atoms. The number of carbonyl (C=O) groups excluding carboxylic acids is 2. The average Bonchev–Trinajstić information content (AvgIpc) is 3.06. The zero-order valence-corrected chi connectivity index (χ0v) is 24.1. The van der Waals surface area contributed by atoms with Crippen molar-refractivity contribution >= 4 is 34.2 Å². The Morgan fingerprint density at radius 1 is 1.05 bits per heavy atom. The molecule has 0 aromatic heterocycles. The summed E-state index contributed by atoms with van der Waals surface area (Å²) < 4.78 is 12.3. The number of rotatable bonds is 6. The molecule has 1 fully saturated rings. The van der Waals surface area contributed by atoms with Crippen LogP contribution in [-0.2, 0) is 19.1 Å². The van der Waals surface area contributed by atoms with Gasteiger partial charge in [-0.2, -0.15) is 0 Å². The van der Waals surface area contributed by atoms with Crippen LogP contribution in [-0.4, -0.2) is 60.6 Å². The number of benzene rings is 3. The average molecular weight is 559 g/mol. The summed E-state index contributed by atoms with van der Waals surface area (Å²) in [7, 11) is 1.61. The number of nitrogens with zero attached hydrogens (tertiary/aromatic N) is 2. The van der Waals surface area contributed by atoms with Gasteiger partial charge in [-0.25, -0.2) is 0 Å². The third kappa shape index (κ3) is 6.07. The van der Waals surface area contributed by atoms with E-state index < -0.39 is 24.1 Å². The summed E-state index contributed by atoms with van der Waals surface area (Å²) in [5, 5.41) is 11.6. The Hall–Kier alpha value is -3.91. The van der Waals surface area contributed by atoms with Gasteiger partial charge in [-0.3, -0.25) is 14.4 Å². The number of hydrogen-bond donors (Lipinski definition) is 1. The molecule has 3 aromatic carbocycles. The highest BCUT2D eigenvalue weighted by Crippen LogP contribution is 2.43. The fourth-order valence-corrected chi connectivity index (χ4v) is 5.89. The summed E-state index contributed by atoms with van der Waals surface area (Å²) in [5.74, 6) is -1.42. The van der Waals surface area contributed by atoms with E-state index in [1.54, 1.807) is 16.9 Å². The maximum absolute atomic E-state index is 14.3. The summed E-state index contributed by atoms with van der Waals surface area (Å²) in [5.41, 5.74) is 2.17.